The molecule has 5 heteroatoms. The van der Waals surface area contributed by atoms with Crippen molar-refractivity contribution in [3.05, 3.63) is 45.8 Å². The maximum absolute atomic E-state index is 5.64. The van der Waals surface area contributed by atoms with Crippen molar-refractivity contribution in [3.63, 3.8) is 0 Å². The lowest BCUT2D eigenvalue weighted by atomic mass is 10.2. The summed E-state index contributed by atoms with van der Waals surface area (Å²) in [4.78, 5) is 0. The Morgan fingerprint density at radius 1 is 1.41 bits per heavy atom. The molecular weight excluding hydrogens is 329 g/mol. The van der Waals surface area contributed by atoms with Crippen LogP contribution in [0.5, 0.6) is 5.75 Å². The van der Waals surface area contributed by atoms with Crippen molar-refractivity contribution in [2.45, 2.75) is 13.1 Å². The van der Waals surface area contributed by atoms with E-state index in [1.807, 2.05) is 41.3 Å². The minimum atomic E-state index is 0.536. The van der Waals surface area contributed by atoms with E-state index in [-0.39, 0.29) is 0 Å². The van der Waals surface area contributed by atoms with Gasteiger partial charge >= 0.3 is 0 Å². The smallest absolute Gasteiger partial charge is 0.119 e. The molecule has 0 bridgehead atoms. The van der Waals surface area contributed by atoms with Crippen molar-refractivity contribution in [2.75, 3.05) is 6.61 Å². The number of nitrogens with zero attached hydrogens (tertiary/aromatic N) is 2. The Kier molecular flexibility index (Phi) is 4.38. The van der Waals surface area contributed by atoms with Gasteiger partial charge in [-0.1, -0.05) is 12.1 Å². The first-order valence-corrected chi connectivity index (χ1v) is 6.45. The maximum Gasteiger partial charge on any atom is 0.119 e. The van der Waals surface area contributed by atoms with E-state index in [1.165, 1.54) is 0 Å². The van der Waals surface area contributed by atoms with Gasteiger partial charge < -0.3 is 10.5 Å². The molecular formula is C12H14IN3O. The second-order valence-electron chi connectivity index (χ2n) is 3.62. The molecule has 0 fully saturated rings. The number of nitrogens with two attached hydrogens (primary N) is 1. The molecule has 0 radical (unpaired) electrons. The molecule has 90 valence electrons. The second kappa shape index (κ2) is 6.02. The molecule has 1 aromatic heterocycles. The van der Waals surface area contributed by atoms with Crippen molar-refractivity contribution >= 4 is 22.6 Å². The van der Waals surface area contributed by atoms with Gasteiger partial charge in [0, 0.05) is 12.7 Å². The summed E-state index contributed by atoms with van der Waals surface area (Å²) >= 11 is 2.24. The molecule has 17 heavy (non-hydrogen) atoms. The van der Waals surface area contributed by atoms with Crippen molar-refractivity contribution in [2.24, 2.45) is 5.73 Å². The van der Waals surface area contributed by atoms with Gasteiger partial charge in [0.15, 0.2) is 0 Å². The fraction of sp³-hybridized carbons (Fsp3) is 0.250. The number of rotatable bonds is 5. The van der Waals surface area contributed by atoms with E-state index in [9.17, 15) is 0 Å². The van der Waals surface area contributed by atoms with Crippen LogP contribution in [0.15, 0.2) is 36.7 Å². The highest BCUT2D eigenvalue weighted by Crippen LogP contribution is 2.12. The lowest BCUT2D eigenvalue weighted by Gasteiger charge is -2.07. The Hall–Kier alpha value is -1.08. The fourth-order valence-corrected chi connectivity index (χ4v) is 1.93. The van der Waals surface area contributed by atoms with Crippen LogP contribution in [-0.2, 0) is 13.1 Å². The van der Waals surface area contributed by atoms with E-state index in [1.54, 1.807) is 0 Å². The Bertz CT molecular complexity index is 484. The molecule has 0 saturated carbocycles. The molecule has 0 amide bonds. The maximum atomic E-state index is 5.64. The second-order valence-corrected chi connectivity index (χ2v) is 4.87. The third kappa shape index (κ3) is 3.71. The Morgan fingerprint density at radius 2 is 2.29 bits per heavy atom. The molecule has 2 N–H and O–H groups in total. The van der Waals surface area contributed by atoms with Gasteiger partial charge in [0.05, 0.1) is 16.3 Å². The van der Waals surface area contributed by atoms with E-state index in [4.69, 9.17) is 10.5 Å². The van der Waals surface area contributed by atoms with E-state index in [2.05, 4.69) is 27.7 Å². The summed E-state index contributed by atoms with van der Waals surface area (Å²) in [5.74, 6) is 0.856. The Labute approximate surface area is 114 Å². The molecule has 0 aliphatic carbocycles. The van der Waals surface area contributed by atoms with Crippen LogP contribution < -0.4 is 10.5 Å². The van der Waals surface area contributed by atoms with Crippen LogP contribution in [0.2, 0.25) is 0 Å². The minimum absolute atomic E-state index is 0.536. The van der Waals surface area contributed by atoms with Gasteiger partial charge in [0.1, 0.15) is 12.4 Å². The molecule has 1 aromatic carbocycles. The fourth-order valence-electron chi connectivity index (χ4n) is 1.48. The molecule has 0 aliphatic heterocycles. The summed E-state index contributed by atoms with van der Waals surface area (Å²) in [6.45, 7) is 1.89. The third-order valence-corrected chi connectivity index (χ3v) is 2.88. The highest BCUT2D eigenvalue weighted by Gasteiger charge is 1.97. The molecule has 0 spiro atoms. The SMILES string of the molecule is NCc1cccc(OCCn2cc(I)cn2)c1. The topological polar surface area (TPSA) is 53.1 Å². The average Bonchev–Trinajstić information content (AvgIpc) is 2.75. The normalized spacial score (nSPS) is 10.5. The highest BCUT2D eigenvalue weighted by atomic mass is 127. The van der Waals surface area contributed by atoms with E-state index >= 15 is 0 Å². The predicted octanol–water partition coefficient (Wildman–Crippen LogP) is 2.03. The van der Waals surface area contributed by atoms with Crippen molar-refractivity contribution in [1.82, 2.24) is 9.78 Å². The molecule has 0 saturated heterocycles. The van der Waals surface area contributed by atoms with Gasteiger partial charge in [0.2, 0.25) is 0 Å². The van der Waals surface area contributed by atoms with Gasteiger partial charge in [-0.25, -0.2) is 0 Å². The van der Waals surface area contributed by atoms with Crippen molar-refractivity contribution in [3.8, 4) is 5.75 Å². The first kappa shape index (κ1) is 12.4. The summed E-state index contributed by atoms with van der Waals surface area (Å²) in [5.41, 5.74) is 6.65. The van der Waals surface area contributed by atoms with Gasteiger partial charge in [-0.15, -0.1) is 0 Å². The van der Waals surface area contributed by atoms with Crippen LogP contribution in [0.4, 0.5) is 0 Å². The van der Waals surface area contributed by atoms with Crippen molar-refractivity contribution < 1.29 is 4.74 Å². The number of aromatic nitrogens is 2. The first-order valence-electron chi connectivity index (χ1n) is 5.37. The molecule has 1 heterocycles. The van der Waals surface area contributed by atoms with Crippen LogP contribution in [0.1, 0.15) is 5.56 Å². The zero-order valence-electron chi connectivity index (χ0n) is 9.34. The third-order valence-electron chi connectivity index (χ3n) is 2.32. The Balaban J connectivity index is 1.85. The minimum Gasteiger partial charge on any atom is -0.492 e. The largest absolute Gasteiger partial charge is 0.492 e. The van der Waals surface area contributed by atoms with Crippen LogP contribution in [0.3, 0.4) is 0 Å². The predicted molar refractivity (Wildman–Crippen MR) is 74.8 cm³/mol. The van der Waals surface area contributed by atoms with Crippen LogP contribution in [-0.4, -0.2) is 16.4 Å². The van der Waals surface area contributed by atoms with Gasteiger partial charge in [-0.3, -0.25) is 4.68 Å². The summed E-state index contributed by atoms with van der Waals surface area (Å²) in [5, 5.41) is 4.19. The molecule has 0 unspecified atom stereocenters. The molecule has 0 atom stereocenters. The number of halogens is 1. The monoisotopic (exact) mass is 343 g/mol. The van der Waals surface area contributed by atoms with Crippen molar-refractivity contribution in [1.29, 1.82) is 0 Å². The van der Waals surface area contributed by atoms with Gasteiger partial charge in [-0.05, 0) is 40.3 Å². The van der Waals surface area contributed by atoms with E-state index in [0.29, 0.717) is 13.2 Å². The number of hydrogen-bond acceptors (Lipinski definition) is 3. The van der Waals surface area contributed by atoms with Gasteiger partial charge in [-0.2, -0.15) is 5.10 Å². The summed E-state index contributed by atoms with van der Waals surface area (Å²) in [7, 11) is 0. The summed E-state index contributed by atoms with van der Waals surface area (Å²) in [6, 6.07) is 7.84. The van der Waals surface area contributed by atoms with Gasteiger partial charge in [0.25, 0.3) is 0 Å². The molecule has 2 rings (SSSR count). The molecule has 2 aromatic rings. The highest BCUT2D eigenvalue weighted by molar-refractivity contribution is 14.1. The first-order chi connectivity index (χ1) is 8.28. The lowest BCUT2D eigenvalue weighted by molar-refractivity contribution is 0.291. The summed E-state index contributed by atoms with van der Waals surface area (Å²) < 4.78 is 8.64. The van der Waals surface area contributed by atoms with Crippen LogP contribution in [0, 0.1) is 3.57 Å². The van der Waals surface area contributed by atoms with E-state index < -0.39 is 0 Å². The van der Waals surface area contributed by atoms with E-state index in [0.717, 1.165) is 21.4 Å². The molecule has 0 aliphatic rings. The number of hydrogen-bond donors (Lipinski definition) is 1. The number of ether oxygens (including phenoxy) is 1. The lowest BCUT2D eigenvalue weighted by Crippen LogP contribution is -2.08. The quantitative estimate of drug-likeness (QED) is 0.846. The Morgan fingerprint density at radius 3 is 3.00 bits per heavy atom. The van der Waals surface area contributed by atoms with Crippen LogP contribution >= 0.6 is 22.6 Å². The average molecular weight is 343 g/mol. The number of benzene rings is 1. The zero-order chi connectivity index (χ0) is 12.1. The standard InChI is InChI=1S/C12H14IN3O/c13-11-8-15-16(9-11)4-5-17-12-3-1-2-10(6-12)7-14/h1-3,6,8-9H,4-5,7,14H2. The van der Waals surface area contributed by atoms with Crippen LogP contribution in [0.25, 0.3) is 0 Å². The summed E-state index contributed by atoms with van der Waals surface area (Å²) in [6.07, 6.45) is 3.82. The molecule has 4 nitrogen and oxygen atoms in total. The zero-order valence-corrected chi connectivity index (χ0v) is 11.5.